The molecule has 1 aliphatic carbocycles. The van der Waals surface area contributed by atoms with Crippen LogP contribution in [-0.4, -0.2) is 33.2 Å². The fourth-order valence-corrected chi connectivity index (χ4v) is 2.74. The lowest BCUT2D eigenvalue weighted by molar-refractivity contribution is 0.410. The zero-order valence-corrected chi connectivity index (χ0v) is 12.6. The van der Waals surface area contributed by atoms with E-state index in [0.29, 0.717) is 5.75 Å². The first kappa shape index (κ1) is 13.9. The molecule has 0 aromatic carbocycles. The molecule has 0 bridgehead atoms. The first-order valence-corrected chi connectivity index (χ1v) is 7.53. The number of methoxy groups -OCH3 is 1. The number of rotatable bonds is 5. The van der Waals surface area contributed by atoms with Crippen molar-refractivity contribution in [2.24, 2.45) is 0 Å². The van der Waals surface area contributed by atoms with E-state index in [2.05, 4.69) is 27.2 Å². The minimum absolute atomic E-state index is 0.678. The second-order valence-electron chi connectivity index (χ2n) is 5.22. The second-order valence-corrected chi connectivity index (χ2v) is 5.22. The van der Waals surface area contributed by atoms with Gasteiger partial charge in [0.2, 0.25) is 5.75 Å². The van der Waals surface area contributed by atoms with Crippen LogP contribution in [0.15, 0.2) is 12.7 Å². The normalized spacial score (nSPS) is 13.8. The molecule has 0 unspecified atom stereocenters. The van der Waals surface area contributed by atoms with Crippen molar-refractivity contribution in [2.45, 2.75) is 39.0 Å². The van der Waals surface area contributed by atoms with Gasteiger partial charge < -0.3 is 10.1 Å². The van der Waals surface area contributed by atoms with Gasteiger partial charge in [-0.05, 0) is 32.1 Å². The highest BCUT2D eigenvalue weighted by Crippen LogP contribution is 2.31. The number of aryl methyl sites for hydroxylation is 1. The van der Waals surface area contributed by atoms with Gasteiger partial charge in [-0.2, -0.15) is 0 Å². The summed E-state index contributed by atoms with van der Waals surface area (Å²) in [5, 5.41) is 3.29. The SMILES string of the molecule is CCCNc1ncnc(-n2cnc3c2CCCC3)c1OC. The highest BCUT2D eigenvalue weighted by molar-refractivity contribution is 5.58. The molecule has 6 heteroatoms. The summed E-state index contributed by atoms with van der Waals surface area (Å²) in [4.78, 5) is 13.2. The molecule has 3 rings (SSSR count). The molecule has 0 aliphatic heterocycles. The Balaban J connectivity index is 2.03. The molecule has 2 aromatic heterocycles. The monoisotopic (exact) mass is 287 g/mol. The lowest BCUT2D eigenvalue weighted by Crippen LogP contribution is -2.11. The third-order valence-electron chi connectivity index (χ3n) is 3.79. The predicted molar refractivity (Wildman–Crippen MR) is 81.1 cm³/mol. The first-order chi connectivity index (χ1) is 10.3. The number of imidazole rings is 1. The molecule has 21 heavy (non-hydrogen) atoms. The maximum atomic E-state index is 5.55. The predicted octanol–water partition coefficient (Wildman–Crippen LogP) is 2.37. The van der Waals surface area contributed by atoms with Crippen LogP contribution in [0, 0.1) is 0 Å². The summed E-state index contributed by atoms with van der Waals surface area (Å²) in [6, 6.07) is 0. The van der Waals surface area contributed by atoms with Gasteiger partial charge in [0.25, 0.3) is 0 Å². The van der Waals surface area contributed by atoms with Crippen LogP contribution in [0.1, 0.15) is 37.6 Å². The van der Waals surface area contributed by atoms with Gasteiger partial charge in [-0.15, -0.1) is 0 Å². The van der Waals surface area contributed by atoms with E-state index in [4.69, 9.17) is 4.74 Å². The Morgan fingerprint density at radius 3 is 2.90 bits per heavy atom. The number of anilines is 1. The third-order valence-corrected chi connectivity index (χ3v) is 3.79. The van der Waals surface area contributed by atoms with Gasteiger partial charge in [-0.1, -0.05) is 6.92 Å². The Bertz CT molecular complexity index is 623. The van der Waals surface area contributed by atoms with Crippen molar-refractivity contribution in [3.05, 3.63) is 24.0 Å². The summed E-state index contributed by atoms with van der Waals surface area (Å²) in [6.45, 7) is 2.97. The van der Waals surface area contributed by atoms with E-state index in [-0.39, 0.29) is 0 Å². The molecule has 1 aliphatic rings. The van der Waals surface area contributed by atoms with Crippen molar-refractivity contribution in [1.82, 2.24) is 19.5 Å². The van der Waals surface area contributed by atoms with Crippen LogP contribution in [0.2, 0.25) is 0 Å². The number of aromatic nitrogens is 4. The van der Waals surface area contributed by atoms with Gasteiger partial charge in [-0.25, -0.2) is 15.0 Å². The zero-order chi connectivity index (χ0) is 14.7. The highest BCUT2D eigenvalue weighted by Gasteiger charge is 2.20. The smallest absolute Gasteiger partial charge is 0.205 e. The van der Waals surface area contributed by atoms with Crippen molar-refractivity contribution in [2.75, 3.05) is 19.0 Å². The minimum Gasteiger partial charge on any atom is -0.490 e. The standard InChI is InChI=1S/C15H21N5O/c1-3-8-16-14-13(21-2)15(18-9-17-14)20-10-19-11-6-4-5-7-12(11)20/h9-10H,3-8H2,1-2H3,(H,16,17,18). The van der Waals surface area contributed by atoms with Crippen LogP contribution in [0.4, 0.5) is 5.82 Å². The summed E-state index contributed by atoms with van der Waals surface area (Å²) in [6.07, 6.45) is 8.97. The van der Waals surface area contributed by atoms with Crippen LogP contribution in [0.5, 0.6) is 5.75 Å². The molecule has 0 atom stereocenters. The second kappa shape index (κ2) is 6.11. The molecule has 2 heterocycles. The van der Waals surface area contributed by atoms with Crippen molar-refractivity contribution in [1.29, 1.82) is 0 Å². The Kier molecular flexibility index (Phi) is 4.03. The zero-order valence-electron chi connectivity index (χ0n) is 12.6. The van der Waals surface area contributed by atoms with Gasteiger partial charge in [-0.3, -0.25) is 4.57 Å². The van der Waals surface area contributed by atoms with Crippen molar-refractivity contribution in [3.8, 4) is 11.6 Å². The van der Waals surface area contributed by atoms with Crippen LogP contribution in [0.3, 0.4) is 0 Å². The maximum absolute atomic E-state index is 5.55. The number of hydrogen-bond donors (Lipinski definition) is 1. The third kappa shape index (κ3) is 2.57. The van der Waals surface area contributed by atoms with E-state index >= 15 is 0 Å². The molecular weight excluding hydrogens is 266 g/mol. The van der Waals surface area contributed by atoms with Crippen molar-refractivity contribution < 1.29 is 4.74 Å². The van der Waals surface area contributed by atoms with Crippen LogP contribution < -0.4 is 10.1 Å². The van der Waals surface area contributed by atoms with Crippen LogP contribution in [0.25, 0.3) is 5.82 Å². The lowest BCUT2D eigenvalue weighted by Gasteiger charge is -2.17. The lowest BCUT2D eigenvalue weighted by atomic mass is 10.0. The Labute approximate surface area is 124 Å². The number of nitrogens with one attached hydrogen (secondary N) is 1. The van der Waals surface area contributed by atoms with E-state index in [9.17, 15) is 0 Å². The molecule has 112 valence electrons. The van der Waals surface area contributed by atoms with E-state index in [1.807, 2.05) is 10.9 Å². The molecule has 2 aromatic rings. The molecule has 0 saturated heterocycles. The van der Waals surface area contributed by atoms with E-state index in [0.717, 1.165) is 37.4 Å². The Morgan fingerprint density at radius 2 is 2.10 bits per heavy atom. The van der Waals surface area contributed by atoms with Crippen LogP contribution in [-0.2, 0) is 12.8 Å². The molecule has 0 radical (unpaired) electrons. The van der Waals surface area contributed by atoms with Gasteiger partial charge in [0, 0.05) is 12.2 Å². The summed E-state index contributed by atoms with van der Waals surface area (Å²) >= 11 is 0. The Morgan fingerprint density at radius 1 is 1.24 bits per heavy atom. The fraction of sp³-hybridized carbons (Fsp3) is 0.533. The highest BCUT2D eigenvalue weighted by atomic mass is 16.5. The van der Waals surface area contributed by atoms with Gasteiger partial charge >= 0.3 is 0 Å². The molecular formula is C15H21N5O. The minimum atomic E-state index is 0.678. The van der Waals surface area contributed by atoms with Crippen molar-refractivity contribution in [3.63, 3.8) is 0 Å². The maximum Gasteiger partial charge on any atom is 0.205 e. The van der Waals surface area contributed by atoms with Gasteiger partial charge in [0.1, 0.15) is 12.7 Å². The quantitative estimate of drug-likeness (QED) is 0.914. The largest absolute Gasteiger partial charge is 0.490 e. The molecule has 6 nitrogen and oxygen atoms in total. The number of hydrogen-bond acceptors (Lipinski definition) is 5. The summed E-state index contributed by atoms with van der Waals surface area (Å²) in [5.74, 6) is 2.18. The summed E-state index contributed by atoms with van der Waals surface area (Å²) < 4.78 is 7.60. The summed E-state index contributed by atoms with van der Waals surface area (Å²) in [7, 11) is 1.66. The Hall–Kier alpha value is -2.11. The van der Waals surface area contributed by atoms with E-state index in [1.54, 1.807) is 13.4 Å². The summed E-state index contributed by atoms with van der Waals surface area (Å²) in [5.41, 5.74) is 2.43. The van der Waals surface area contributed by atoms with Crippen molar-refractivity contribution >= 4 is 5.82 Å². The van der Waals surface area contributed by atoms with Gasteiger partial charge in [0.05, 0.1) is 12.8 Å². The van der Waals surface area contributed by atoms with E-state index in [1.165, 1.54) is 24.2 Å². The fourth-order valence-electron chi connectivity index (χ4n) is 2.74. The molecule has 0 fully saturated rings. The molecule has 0 spiro atoms. The molecule has 1 N–H and O–H groups in total. The van der Waals surface area contributed by atoms with E-state index < -0.39 is 0 Å². The molecule has 0 amide bonds. The average Bonchev–Trinajstić information content (AvgIpc) is 2.96. The first-order valence-electron chi connectivity index (χ1n) is 7.53. The number of fused-ring (bicyclic) bond motifs is 1. The van der Waals surface area contributed by atoms with Crippen LogP contribution >= 0.6 is 0 Å². The molecule has 0 saturated carbocycles. The topological polar surface area (TPSA) is 64.9 Å². The van der Waals surface area contributed by atoms with Gasteiger partial charge in [0.15, 0.2) is 11.6 Å². The average molecular weight is 287 g/mol. The number of ether oxygens (including phenoxy) is 1. The number of nitrogens with zero attached hydrogens (tertiary/aromatic N) is 4.